The summed E-state index contributed by atoms with van der Waals surface area (Å²) < 4.78 is 0. The summed E-state index contributed by atoms with van der Waals surface area (Å²) in [6, 6.07) is 0. The Labute approximate surface area is 108 Å². The molecule has 1 heterocycles. The first-order valence-electron chi connectivity index (χ1n) is 6.50. The number of hydrogen-bond acceptors (Lipinski definition) is 3. The van der Waals surface area contributed by atoms with Crippen LogP contribution in [-0.4, -0.2) is 10.2 Å². The smallest absolute Gasteiger partial charge is 0.0552 e. The van der Waals surface area contributed by atoms with Crippen LogP contribution < -0.4 is 5.73 Å². The zero-order chi connectivity index (χ0) is 12.3. The molecular weight excluding hydrogens is 228 g/mol. The van der Waals surface area contributed by atoms with Gasteiger partial charge in [-0.25, -0.2) is 0 Å². The van der Waals surface area contributed by atoms with Crippen molar-refractivity contribution in [2.24, 2.45) is 0 Å². The SMILES string of the molecule is Cc1cnc(CSC2CCCCC2)c(C)c1N. The van der Waals surface area contributed by atoms with E-state index in [-0.39, 0.29) is 0 Å². The van der Waals surface area contributed by atoms with Gasteiger partial charge in [-0.05, 0) is 37.8 Å². The molecule has 1 aromatic heterocycles. The predicted octanol–water partition coefficient (Wildman–Crippen LogP) is 3.85. The molecular formula is C14H22N2S. The molecule has 2 nitrogen and oxygen atoms in total. The van der Waals surface area contributed by atoms with E-state index in [2.05, 4.69) is 23.7 Å². The number of pyridine rings is 1. The molecule has 2 N–H and O–H groups in total. The van der Waals surface area contributed by atoms with Crippen LogP contribution in [0.25, 0.3) is 0 Å². The highest BCUT2D eigenvalue weighted by Gasteiger charge is 2.15. The van der Waals surface area contributed by atoms with E-state index in [0.717, 1.165) is 22.3 Å². The van der Waals surface area contributed by atoms with Crippen molar-refractivity contribution in [1.29, 1.82) is 0 Å². The van der Waals surface area contributed by atoms with Crippen molar-refractivity contribution < 1.29 is 0 Å². The van der Waals surface area contributed by atoms with E-state index in [1.165, 1.54) is 43.4 Å². The Hall–Kier alpha value is -0.700. The number of nitrogens with zero attached hydrogens (tertiary/aromatic N) is 1. The van der Waals surface area contributed by atoms with Crippen LogP contribution in [0, 0.1) is 13.8 Å². The van der Waals surface area contributed by atoms with Crippen molar-refractivity contribution in [1.82, 2.24) is 4.98 Å². The minimum absolute atomic E-state index is 0.840. The number of hydrogen-bond donors (Lipinski definition) is 1. The zero-order valence-corrected chi connectivity index (χ0v) is 11.6. The first-order chi connectivity index (χ1) is 8.18. The number of nitrogens with two attached hydrogens (primary N) is 1. The second-order valence-corrected chi connectivity index (χ2v) is 6.29. The molecule has 1 fully saturated rings. The minimum atomic E-state index is 0.840. The third-order valence-corrected chi connectivity index (χ3v) is 5.07. The second kappa shape index (κ2) is 5.76. The van der Waals surface area contributed by atoms with Gasteiger partial charge < -0.3 is 5.73 Å². The van der Waals surface area contributed by atoms with Gasteiger partial charge in [0.15, 0.2) is 0 Å². The van der Waals surface area contributed by atoms with E-state index in [9.17, 15) is 0 Å². The number of anilines is 1. The van der Waals surface area contributed by atoms with Crippen molar-refractivity contribution >= 4 is 17.4 Å². The van der Waals surface area contributed by atoms with Gasteiger partial charge >= 0.3 is 0 Å². The van der Waals surface area contributed by atoms with Crippen LogP contribution >= 0.6 is 11.8 Å². The fourth-order valence-electron chi connectivity index (χ4n) is 2.37. The minimum Gasteiger partial charge on any atom is -0.398 e. The third-order valence-electron chi connectivity index (χ3n) is 3.68. The molecule has 2 rings (SSSR count). The Morgan fingerprint density at radius 3 is 2.71 bits per heavy atom. The molecule has 0 spiro atoms. The molecule has 0 amide bonds. The normalized spacial score (nSPS) is 17.3. The van der Waals surface area contributed by atoms with Gasteiger partial charge in [0.25, 0.3) is 0 Å². The van der Waals surface area contributed by atoms with Crippen molar-refractivity contribution in [2.45, 2.75) is 57.0 Å². The molecule has 0 saturated heterocycles. The monoisotopic (exact) mass is 250 g/mol. The lowest BCUT2D eigenvalue weighted by molar-refractivity contribution is 0.516. The number of rotatable bonds is 3. The molecule has 0 radical (unpaired) electrons. The first kappa shape index (κ1) is 12.7. The lowest BCUT2D eigenvalue weighted by Gasteiger charge is -2.21. The van der Waals surface area contributed by atoms with Crippen LogP contribution in [0.1, 0.15) is 48.9 Å². The van der Waals surface area contributed by atoms with E-state index in [1.807, 2.05) is 13.1 Å². The van der Waals surface area contributed by atoms with Crippen molar-refractivity contribution in [3.63, 3.8) is 0 Å². The maximum absolute atomic E-state index is 6.04. The quantitative estimate of drug-likeness (QED) is 0.885. The summed E-state index contributed by atoms with van der Waals surface area (Å²) in [6.07, 6.45) is 8.89. The van der Waals surface area contributed by atoms with Crippen molar-refractivity contribution in [3.05, 3.63) is 23.0 Å². The number of aryl methyl sites for hydroxylation is 1. The lowest BCUT2D eigenvalue weighted by atomic mass is 10.0. The fourth-order valence-corrected chi connectivity index (χ4v) is 3.72. The van der Waals surface area contributed by atoms with Crippen LogP contribution in [0.2, 0.25) is 0 Å². The van der Waals surface area contributed by atoms with E-state index in [1.54, 1.807) is 0 Å². The Balaban J connectivity index is 1.96. The predicted molar refractivity (Wildman–Crippen MR) is 76.3 cm³/mol. The Bertz CT molecular complexity index is 384. The van der Waals surface area contributed by atoms with Gasteiger partial charge in [-0.2, -0.15) is 11.8 Å². The summed E-state index contributed by atoms with van der Waals surface area (Å²) in [6.45, 7) is 4.11. The van der Waals surface area contributed by atoms with Crippen molar-refractivity contribution in [3.8, 4) is 0 Å². The summed E-state index contributed by atoms with van der Waals surface area (Å²) in [7, 11) is 0. The topological polar surface area (TPSA) is 38.9 Å². The van der Waals surface area contributed by atoms with Crippen LogP contribution in [0.4, 0.5) is 5.69 Å². The van der Waals surface area contributed by atoms with E-state index < -0.39 is 0 Å². The van der Waals surface area contributed by atoms with Crippen LogP contribution in [0.15, 0.2) is 6.20 Å². The third kappa shape index (κ3) is 3.15. The van der Waals surface area contributed by atoms with E-state index in [0.29, 0.717) is 0 Å². The largest absolute Gasteiger partial charge is 0.398 e. The highest BCUT2D eigenvalue weighted by Crippen LogP contribution is 2.31. The van der Waals surface area contributed by atoms with Gasteiger partial charge in [0, 0.05) is 22.9 Å². The van der Waals surface area contributed by atoms with E-state index >= 15 is 0 Å². The van der Waals surface area contributed by atoms with E-state index in [4.69, 9.17) is 5.73 Å². The molecule has 1 aliphatic rings. The van der Waals surface area contributed by atoms with Crippen LogP contribution in [0.3, 0.4) is 0 Å². The standard InChI is InChI=1S/C14H22N2S/c1-10-8-16-13(11(2)14(10)15)9-17-12-6-4-3-5-7-12/h8,12H,3-7,9H2,1-2H3,(H2,15,16). The number of thioether (sulfide) groups is 1. The molecule has 3 heteroatoms. The number of nitrogen functional groups attached to an aromatic ring is 1. The first-order valence-corrected chi connectivity index (χ1v) is 7.55. The molecule has 1 saturated carbocycles. The molecule has 0 bridgehead atoms. The Morgan fingerprint density at radius 1 is 1.29 bits per heavy atom. The maximum atomic E-state index is 6.04. The summed E-state index contributed by atoms with van der Waals surface area (Å²) in [5.41, 5.74) is 10.4. The molecule has 1 aromatic rings. The van der Waals surface area contributed by atoms with Crippen LogP contribution in [-0.2, 0) is 5.75 Å². The van der Waals surface area contributed by atoms with Crippen LogP contribution in [0.5, 0.6) is 0 Å². The molecule has 0 atom stereocenters. The van der Waals surface area contributed by atoms with Gasteiger partial charge in [0.2, 0.25) is 0 Å². The lowest BCUT2D eigenvalue weighted by Crippen LogP contribution is -2.09. The van der Waals surface area contributed by atoms with Gasteiger partial charge in [0.1, 0.15) is 0 Å². The molecule has 17 heavy (non-hydrogen) atoms. The van der Waals surface area contributed by atoms with Gasteiger partial charge in [-0.3, -0.25) is 4.98 Å². The molecule has 1 aliphatic carbocycles. The summed E-state index contributed by atoms with van der Waals surface area (Å²) >= 11 is 2.06. The number of aromatic nitrogens is 1. The van der Waals surface area contributed by atoms with Gasteiger partial charge in [-0.15, -0.1) is 0 Å². The molecule has 94 valence electrons. The highest BCUT2D eigenvalue weighted by atomic mass is 32.2. The second-order valence-electron chi connectivity index (χ2n) is 5.00. The summed E-state index contributed by atoms with van der Waals surface area (Å²) in [5, 5.41) is 0.840. The molecule has 0 aliphatic heterocycles. The van der Waals surface area contributed by atoms with Crippen molar-refractivity contribution in [2.75, 3.05) is 5.73 Å². The Kier molecular flexibility index (Phi) is 4.32. The molecule has 0 aromatic carbocycles. The van der Waals surface area contributed by atoms with Gasteiger partial charge in [-0.1, -0.05) is 19.3 Å². The maximum Gasteiger partial charge on any atom is 0.0552 e. The Morgan fingerprint density at radius 2 is 2.00 bits per heavy atom. The average molecular weight is 250 g/mol. The summed E-state index contributed by atoms with van der Waals surface area (Å²) in [5.74, 6) is 1.01. The van der Waals surface area contributed by atoms with Gasteiger partial charge in [0.05, 0.1) is 5.69 Å². The highest BCUT2D eigenvalue weighted by molar-refractivity contribution is 7.99. The molecule has 0 unspecified atom stereocenters. The zero-order valence-electron chi connectivity index (χ0n) is 10.8. The summed E-state index contributed by atoms with van der Waals surface area (Å²) in [4.78, 5) is 4.52. The average Bonchev–Trinajstić information content (AvgIpc) is 2.36. The fraction of sp³-hybridized carbons (Fsp3) is 0.643.